The van der Waals surface area contributed by atoms with E-state index in [1.54, 1.807) is 24.3 Å². The Hall–Kier alpha value is -1.75. The molecule has 0 heterocycles. The van der Waals surface area contributed by atoms with Crippen molar-refractivity contribution in [3.63, 3.8) is 0 Å². The number of hydrogen-bond donors (Lipinski definition) is 2. The summed E-state index contributed by atoms with van der Waals surface area (Å²) in [6.45, 7) is 1.18. The molecule has 2 amide bonds. The lowest BCUT2D eigenvalue weighted by Gasteiger charge is -2.06. The Morgan fingerprint density at radius 3 is 2.73 bits per heavy atom. The summed E-state index contributed by atoms with van der Waals surface area (Å²) in [5.41, 5.74) is 2.41. The third-order valence-corrected chi connectivity index (χ3v) is 1.61. The molecule has 0 bridgehead atoms. The average Bonchev–Trinajstić information content (AvgIpc) is 2.15. The van der Waals surface area contributed by atoms with Gasteiger partial charge in [-0.05, 0) is 18.2 Å². The molecule has 0 fully saturated rings. The highest BCUT2D eigenvalue weighted by molar-refractivity contribution is 6.30. The highest BCUT2D eigenvalue weighted by Crippen LogP contribution is 2.14. The number of nitrogens with one attached hydrogen (secondary N) is 2. The maximum atomic E-state index is 11.1. The van der Waals surface area contributed by atoms with Crippen molar-refractivity contribution in [1.82, 2.24) is 5.48 Å². The largest absolute Gasteiger partial charge is 0.352 e. The van der Waals surface area contributed by atoms with E-state index < -0.39 is 12.0 Å². The summed E-state index contributed by atoms with van der Waals surface area (Å²) in [4.78, 5) is 25.7. The highest BCUT2D eigenvalue weighted by Gasteiger charge is 2.02. The van der Waals surface area contributed by atoms with Crippen LogP contribution in [0.1, 0.15) is 6.92 Å². The zero-order valence-electron chi connectivity index (χ0n) is 7.91. The van der Waals surface area contributed by atoms with Crippen molar-refractivity contribution in [3.8, 4) is 0 Å². The highest BCUT2D eigenvalue weighted by atomic mass is 35.5. The van der Waals surface area contributed by atoms with Crippen LogP contribution in [0.4, 0.5) is 10.5 Å². The number of hydrogen-bond acceptors (Lipinski definition) is 3. The fourth-order valence-electron chi connectivity index (χ4n) is 0.841. The van der Waals surface area contributed by atoms with Gasteiger partial charge in [-0.25, -0.2) is 4.79 Å². The Morgan fingerprint density at radius 2 is 2.13 bits per heavy atom. The SMILES string of the molecule is CC(=O)ONC(=O)Nc1cccc(Cl)c1. The zero-order valence-corrected chi connectivity index (χ0v) is 8.67. The van der Waals surface area contributed by atoms with Gasteiger partial charge >= 0.3 is 12.0 Å². The van der Waals surface area contributed by atoms with Gasteiger partial charge in [0.1, 0.15) is 0 Å². The number of anilines is 1. The molecule has 0 saturated carbocycles. The van der Waals surface area contributed by atoms with Crippen LogP contribution < -0.4 is 10.8 Å². The van der Waals surface area contributed by atoms with Gasteiger partial charge in [-0.3, -0.25) is 4.79 Å². The fourth-order valence-corrected chi connectivity index (χ4v) is 1.03. The van der Waals surface area contributed by atoms with E-state index in [0.717, 1.165) is 0 Å². The van der Waals surface area contributed by atoms with Gasteiger partial charge in [-0.1, -0.05) is 17.7 Å². The van der Waals surface area contributed by atoms with Crippen molar-refractivity contribution in [3.05, 3.63) is 29.3 Å². The van der Waals surface area contributed by atoms with Gasteiger partial charge in [0, 0.05) is 17.6 Å². The van der Waals surface area contributed by atoms with Crippen molar-refractivity contribution in [2.24, 2.45) is 0 Å². The van der Waals surface area contributed by atoms with E-state index >= 15 is 0 Å². The second-order valence-electron chi connectivity index (χ2n) is 2.66. The van der Waals surface area contributed by atoms with Crippen LogP contribution in [0.3, 0.4) is 0 Å². The van der Waals surface area contributed by atoms with Crippen LogP contribution in [0.15, 0.2) is 24.3 Å². The number of carbonyl (C=O) groups excluding carboxylic acids is 2. The monoisotopic (exact) mass is 228 g/mol. The van der Waals surface area contributed by atoms with Gasteiger partial charge in [0.25, 0.3) is 0 Å². The van der Waals surface area contributed by atoms with Crippen LogP contribution >= 0.6 is 11.6 Å². The maximum absolute atomic E-state index is 11.1. The van der Waals surface area contributed by atoms with E-state index in [1.807, 2.05) is 5.48 Å². The molecule has 5 nitrogen and oxygen atoms in total. The first kappa shape index (κ1) is 11.3. The summed E-state index contributed by atoms with van der Waals surface area (Å²) in [6.07, 6.45) is 0. The molecule has 0 spiro atoms. The predicted octanol–water partition coefficient (Wildman–Crippen LogP) is 1.94. The molecule has 2 N–H and O–H groups in total. The summed E-state index contributed by atoms with van der Waals surface area (Å²) in [5, 5.41) is 2.93. The third kappa shape index (κ3) is 4.33. The molecule has 1 aromatic carbocycles. The topological polar surface area (TPSA) is 67.4 Å². The maximum Gasteiger partial charge on any atom is 0.352 e. The van der Waals surface area contributed by atoms with Crippen LogP contribution in [0.2, 0.25) is 5.02 Å². The van der Waals surface area contributed by atoms with Gasteiger partial charge in [0.15, 0.2) is 0 Å². The number of halogens is 1. The minimum absolute atomic E-state index is 0.500. The fraction of sp³-hybridized carbons (Fsp3) is 0.111. The first-order valence-electron chi connectivity index (χ1n) is 4.08. The Kier molecular flexibility index (Phi) is 3.93. The third-order valence-electron chi connectivity index (χ3n) is 1.37. The van der Waals surface area contributed by atoms with E-state index in [-0.39, 0.29) is 0 Å². The predicted molar refractivity (Wildman–Crippen MR) is 55.4 cm³/mol. The number of carbonyl (C=O) groups is 2. The molecule has 6 heteroatoms. The normalized spacial score (nSPS) is 9.20. The molecule has 0 saturated heterocycles. The Balaban J connectivity index is 2.48. The molecule has 0 aliphatic heterocycles. The average molecular weight is 229 g/mol. The lowest BCUT2D eigenvalue weighted by atomic mass is 10.3. The standard InChI is InChI=1S/C9H9ClN2O3/c1-6(13)15-12-9(14)11-8-4-2-3-7(10)5-8/h2-5H,1H3,(H2,11,12,14). The molecular formula is C9H9ClN2O3. The van der Waals surface area contributed by atoms with Crippen molar-refractivity contribution < 1.29 is 14.4 Å². The number of amides is 2. The molecule has 1 aromatic rings. The molecule has 1 rings (SSSR count). The van der Waals surface area contributed by atoms with E-state index in [4.69, 9.17) is 11.6 Å². The van der Waals surface area contributed by atoms with Crippen molar-refractivity contribution in [2.45, 2.75) is 6.92 Å². The number of benzene rings is 1. The van der Waals surface area contributed by atoms with Crippen LogP contribution in [-0.4, -0.2) is 12.0 Å². The molecule has 0 unspecified atom stereocenters. The molecule has 80 valence electrons. The van der Waals surface area contributed by atoms with Crippen LogP contribution in [-0.2, 0) is 9.63 Å². The molecular weight excluding hydrogens is 220 g/mol. The Bertz CT molecular complexity index is 381. The zero-order chi connectivity index (χ0) is 11.3. The van der Waals surface area contributed by atoms with Gasteiger partial charge < -0.3 is 10.2 Å². The Morgan fingerprint density at radius 1 is 1.40 bits per heavy atom. The molecule has 0 aliphatic carbocycles. The van der Waals surface area contributed by atoms with Gasteiger partial charge in [0.05, 0.1) is 0 Å². The smallest absolute Gasteiger partial charge is 0.340 e. The lowest BCUT2D eigenvalue weighted by Crippen LogP contribution is -2.30. The molecule has 0 aromatic heterocycles. The number of urea groups is 1. The summed E-state index contributed by atoms with van der Waals surface area (Å²) in [7, 11) is 0. The summed E-state index contributed by atoms with van der Waals surface area (Å²) in [5.74, 6) is -0.601. The van der Waals surface area contributed by atoms with E-state index in [1.165, 1.54) is 6.92 Å². The first-order chi connectivity index (χ1) is 7.08. The van der Waals surface area contributed by atoms with E-state index in [9.17, 15) is 9.59 Å². The van der Waals surface area contributed by atoms with E-state index in [0.29, 0.717) is 10.7 Å². The second kappa shape index (κ2) is 5.21. The van der Waals surface area contributed by atoms with Crippen LogP contribution in [0.25, 0.3) is 0 Å². The molecule has 0 atom stereocenters. The summed E-state index contributed by atoms with van der Waals surface area (Å²) < 4.78 is 0. The first-order valence-corrected chi connectivity index (χ1v) is 4.45. The van der Waals surface area contributed by atoms with Gasteiger partial charge in [-0.2, -0.15) is 5.48 Å². The minimum Gasteiger partial charge on any atom is -0.340 e. The Labute approximate surface area is 91.3 Å². The van der Waals surface area contributed by atoms with Crippen molar-refractivity contribution in [1.29, 1.82) is 0 Å². The van der Waals surface area contributed by atoms with Crippen molar-refractivity contribution >= 4 is 29.3 Å². The molecule has 0 aliphatic rings. The molecule has 15 heavy (non-hydrogen) atoms. The van der Waals surface area contributed by atoms with Gasteiger partial charge in [0.2, 0.25) is 0 Å². The summed E-state index contributed by atoms with van der Waals surface area (Å²) >= 11 is 5.70. The number of hydroxylamine groups is 1. The number of rotatable bonds is 1. The molecule has 0 radical (unpaired) electrons. The van der Waals surface area contributed by atoms with Crippen LogP contribution in [0.5, 0.6) is 0 Å². The van der Waals surface area contributed by atoms with Crippen LogP contribution in [0, 0.1) is 0 Å². The van der Waals surface area contributed by atoms with Crippen molar-refractivity contribution in [2.75, 3.05) is 5.32 Å². The lowest BCUT2D eigenvalue weighted by molar-refractivity contribution is -0.145. The quantitative estimate of drug-likeness (QED) is 0.722. The minimum atomic E-state index is -0.646. The second-order valence-corrected chi connectivity index (χ2v) is 3.10. The summed E-state index contributed by atoms with van der Waals surface area (Å²) in [6, 6.07) is 5.93. The van der Waals surface area contributed by atoms with E-state index in [2.05, 4.69) is 10.2 Å². The van der Waals surface area contributed by atoms with Gasteiger partial charge in [-0.15, -0.1) is 0 Å².